The van der Waals surface area contributed by atoms with Crippen LogP contribution in [0, 0.1) is 0 Å². The summed E-state index contributed by atoms with van der Waals surface area (Å²) in [7, 11) is 0. The first kappa shape index (κ1) is 17.0. The Balaban J connectivity index is 2.37. The molecule has 116 valence electrons. The van der Waals surface area contributed by atoms with Crippen LogP contribution in [0.15, 0.2) is 0 Å². The van der Waals surface area contributed by atoms with Gasteiger partial charge in [0.05, 0.1) is 39.5 Å². The maximum Gasteiger partial charge on any atom is 0.231 e. The second-order valence-electron chi connectivity index (χ2n) is 4.95. The Kier molecular flexibility index (Phi) is 8.36. The van der Waals surface area contributed by atoms with Crippen molar-refractivity contribution < 1.29 is 19.1 Å². The lowest BCUT2D eigenvalue weighted by Crippen LogP contribution is -2.40. The number of nitrogens with two attached hydrogens (primary N) is 1. The van der Waals surface area contributed by atoms with Gasteiger partial charge >= 0.3 is 0 Å². The van der Waals surface area contributed by atoms with Gasteiger partial charge in [-0.15, -0.1) is 0 Å². The summed E-state index contributed by atoms with van der Waals surface area (Å²) in [6, 6.07) is 0. The van der Waals surface area contributed by atoms with Crippen LogP contribution in [0.4, 0.5) is 0 Å². The third-order valence-electron chi connectivity index (χ3n) is 3.03. The maximum absolute atomic E-state index is 11.2. The Morgan fingerprint density at radius 3 is 1.65 bits per heavy atom. The Morgan fingerprint density at radius 1 is 0.900 bits per heavy atom. The van der Waals surface area contributed by atoms with Gasteiger partial charge in [-0.3, -0.25) is 19.4 Å². The van der Waals surface area contributed by atoms with Crippen molar-refractivity contribution in [3.05, 3.63) is 0 Å². The number of rotatable bonds is 4. The van der Waals surface area contributed by atoms with Gasteiger partial charge in [0.15, 0.2) is 0 Å². The van der Waals surface area contributed by atoms with Gasteiger partial charge in [0, 0.05) is 26.2 Å². The minimum Gasteiger partial charge on any atom is -0.379 e. The summed E-state index contributed by atoms with van der Waals surface area (Å²) in [4.78, 5) is 26.1. The van der Waals surface area contributed by atoms with E-state index in [-0.39, 0.29) is 18.2 Å². The van der Waals surface area contributed by atoms with Gasteiger partial charge in [-0.2, -0.15) is 0 Å². The van der Waals surface area contributed by atoms with Crippen molar-refractivity contribution >= 4 is 11.7 Å². The first-order valence-electron chi connectivity index (χ1n) is 6.96. The van der Waals surface area contributed by atoms with Crippen LogP contribution in [-0.2, 0) is 19.1 Å². The average Bonchev–Trinajstić information content (AvgIpc) is 2.33. The zero-order chi connectivity index (χ0) is 14.8. The van der Waals surface area contributed by atoms with Crippen LogP contribution in [0.1, 0.15) is 6.92 Å². The molecule has 0 radical (unpaired) electrons. The molecule has 0 spiro atoms. The average molecular weight is 287 g/mol. The second-order valence-corrected chi connectivity index (χ2v) is 4.95. The van der Waals surface area contributed by atoms with E-state index in [9.17, 15) is 9.59 Å². The van der Waals surface area contributed by atoms with Crippen LogP contribution in [0.3, 0.4) is 0 Å². The summed E-state index contributed by atoms with van der Waals surface area (Å²) in [6.07, 6.45) is 0. The van der Waals surface area contributed by atoms with Crippen molar-refractivity contribution in [2.75, 3.05) is 65.7 Å². The molecule has 1 saturated heterocycles. The molecule has 1 fully saturated rings. The molecule has 1 amide bonds. The molecular weight excluding hydrogens is 262 g/mol. The Hall–Kier alpha value is -1.02. The van der Waals surface area contributed by atoms with Crippen LogP contribution >= 0.6 is 0 Å². The number of ketones is 1. The molecule has 7 nitrogen and oxygen atoms in total. The highest BCUT2D eigenvalue weighted by Crippen LogP contribution is 1.95. The highest BCUT2D eigenvalue weighted by atomic mass is 16.5. The lowest BCUT2D eigenvalue weighted by Gasteiger charge is -2.24. The lowest BCUT2D eigenvalue weighted by atomic mass is 10.3. The van der Waals surface area contributed by atoms with Crippen LogP contribution < -0.4 is 5.73 Å². The maximum atomic E-state index is 11.2. The highest BCUT2D eigenvalue weighted by Gasteiger charge is 2.11. The van der Waals surface area contributed by atoms with E-state index in [1.807, 2.05) is 9.80 Å². The molecule has 1 rings (SSSR count). The summed E-state index contributed by atoms with van der Waals surface area (Å²) in [5.74, 6) is -0.200. The fraction of sp³-hybridized carbons (Fsp3) is 0.846. The smallest absolute Gasteiger partial charge is 0.231 e. The molecule has 1 heterocycles. The molecule has 2 N–H and O–H groups in total. The van der Waals surface area contributed by atoms with Gasteiger partial charge < -0.3 is 15.2 Å². The van der Waals surface area contributed by atoms with Crippen LogP contribution in [0.2, 0.25) is 0 Å². The van der Waals surface area contributed by atoms with Crippen molar-refractivity contribution in [2.24, 2.45) is 5.73 Å². The monoisotopic (exact) mass is 287 g/mol. The Morgan fingerprint density at radius 2 is 1.30 bits per heavy atom. The number of carbonyl (C=O) groups is 2. The Bertz CT molecular complexity index is 270. The molecule has 0 unspecified atom stereocenters. The van der Waals surface area contributed by atoms with Crippen molar-refractivity contribution in [3.63, 3.8) is 0 Å². The van der Waals surface area contributed by atoms with Crippen molar-refractivity contribution in [1.82, 2.24) is 9.80 Å². The fourth-order valence-corrected chi connectivity index (χ4v) is 2.05. The first-order valence-corrected chi connectivity index (χ1v) is 6.96. The van der Waals surface area contributed by atoms with Crippen LogP contribution in [-0.4, -0.2) is 87.2 Å². The molecule has 1 aliphatic rings. The van der Waals surface area contributed by atoms with E-state index in [4.69, 9.17) is 15.2 Å². The van der Waals surface area contributed by atoms with Crippen LogP contribution in [0.25, 0.3) is 0 Å². The van der Waals surface area contributed by atoms with Crippen molar-refractivity contribution in [1.29, 1.82) is 0 Å². The minimum absolute atomic E-state index is 0.143. The number of nitrogens with zero attached hydrogens (tertiary/aromatic N) is 2. The molecule has 0 bridgehead atoms. The van der Waals surface area contributed by atoms with E-state index in [2.05, 4.69) is 0 Å². The largest absolute Gasteiger partial charge is 0.379 e. The number of primary amides is 1. The number of carbonyl (C=O) groups excluding carboxylic acids is 2. The molecule has 1 aliphatic heterocycles. The van der Waals surface area contributed by atoms with Gasteiger partial charge in [0.25, 0.3) is 0 Å². The number of hydrogen-bond donors (Lipinski definition) is 1. The predicted octanol–water partition coefficient (Wildman–Crippen LogP) is -1.29. The zero-order valence-corrected chi connectivity index (χ0v) is 12.2. The van der Waals surface area contributed by atoms with E-state index >= 15 is 0 Å². The minimum atomic E-state index is -0.343. The molecular formula is C13H25N3O4. The summed E-state index contributed by atoms with van der Waals surface area (Å²) in [6.45, 7) is 7.18. The third kappa shape index (κ3) is 8.21. The number of hydrogen-bond acceptors (Lipinski definition) is 6. The lowest BCUT2D eigenvalue weighted by molar-refractivity contribution is -0.119. The first-order chi connectivity index (χ1) is 9.58. The normalized spacial score (nSPS) is 20.9. The SMILES string of the molecule is CC(=O)CN1CCOCCN(CC(N)=O)CCOCC1. The van der Waals surface area contributed by atoms with E-state index in [0.717, 1.165) is 0 Å². The standard InChI is InChI=1S/C13H25N3O4/c1-12(17)10-15-2-6-19-8-4-16(11-13(14)18)5-9-20-7-3-15/h2-11H2,1H3,(H2,14,18). The molecule has 20 heavy (non-hydrogen) atoms. The molecule has 7 heteroatoms. The summed E-state index contributed by atoms with van der Waals surface area (Å²) in [5.41, 5.74) is 5.20. The third-order valence-corrected chi connectivity index (χ3v) is 3.03. The quantitative estimate of drug-likeness (QED) is 0.692. The molecule has 0 aromatic heterocycles. The van der Waals surface area contributed by atoms with Gasteiger partial charge in [0.1, 0.15) is 5.78 Å². The molecule has 0 aliphatic carbocycles. The predicted molar refractivity (Wildman–Crippen MR) is 74.4 cm³/mol. The van der Waals surface area contributed by atoms with Crippen LogP contribution in [0.5, 0.6) is 0 Å². The van der Waals surface area contributed by atoms with E-state index in [1.165, 1.54) is 0 Å². The van der Waals surface area contributed by atoms with Crippen molar-refractivity contribution in [3.8, 4) is 0 Å². The van der Waals surface area contributed by atoms with Gasteiger partial charge in [-0.1, -0.05) is 0 Å². The summed E-state index contributed by atoms with van der Waals surface area (Å²) >= 11 is 0. The van der Waals surface area contributed by atoms with Gasteiger partial charge in [-0.05, 0) is 6.92 Å². The Labute approximate surface area is 120 Å². The number of ether oxygens (including phenoxy) is 2. The second kappa shape index (κ2) is 9.82. The molecule has 0 aromatic carbocycles. The molecule has 0 aromatic rings. The highest BCUT2D eigenvalue weighted by molar-refractivity contribution is 5.77. The topological polar surface area (TPSA) is 85.1 Å². The molecule has 0 saturated carbocycles. The van der Waals surface area contributed by atoms with E-state index in [0.29, 0.717) is 59.2 Å². The van der Waals surface area contributed by atoms with Gasteiger partial charge in [0.2, 0.25) is 5.91 Å². The summed E-state index contributed by atoms with van der Waals surface area (Å²) in [5, 5.41) is 0. The van der Waals surface area contributed by atoms with Crippen molar-refractivity contribution in [2.45, 2.75) is 6.92 Å². The zero-order valence-electron chi connectivity index (χ0n) is 12.2. The van der Waals surface area contributed by atoms with E-state index < -0.39 is 0 Å². The van der Waals surface area contributed by atoms with Gasteiger partial charge in [-0.25, -0.2) is 0 Å². The van der Waals surface area contributed by atoms with E-state index in [1.54, 1.807) is 6.92 Å². The summed E-state index contributed by atoms with van der Waals surface area (Å²) < 4.78 is 11.1. The number of Topliss-reactive ketones (excluding diaryl/α,β-unsaturated/α-hetero) is 1. The number of amides is 1. The molecule has 0 atom stereocenters. The fourth-order valence-electron chi connectivity index (χ4n) is 2.05.